The summed E-state index contributed by atoms with van der Waals surface area (Å²) in [5, 5.41) is 9.49. The minimum atomic E-state index is -0.124. The number of rotatable bonds is 4. The molecule has 0 aliphatic carbocycles. The van der Waals surface area contributed by atoms with Gasteiger partial charge in [-0.1, -0.05) is 11.3 Å². The summed E-state index contributed by atoms with van der Waals surface area (Å²) in [6.45, 7) is 4.15. The van der Waals surface area contributed by atoms with E-state index in [1.54, 1.807) is 11.3 Å². The van der Waals surface area contributed by atoms with Gasteiger partial charge in [0.05, 0.1) is 22.9 Å². The average Bonchev–Trinajstić information content (AvgIpc) is 3.26. The molecule has 3 heterocycles. The summed E-state index contributed by atoms with van der Waals surface area (Å²) in [6, 6.07) is 6.10. The van der Waals surface area contributed by atoms with Gasteiger partial charge in [0, 0.05) is 24.4 Å². The third-order valence-corrected chi connectivity index (χ3v) is 5.61. The SMILES string of the molecule is CC(=O)Nc1nc(C)c(-c2csc(Nc3ccc4c(c3)CCO4)n2)s1. The van der Waals surface area contributed by atoms with Crippen LogP contribution in [0.4, 0.5) is 16.0 Å². The third kappa shape index (κ3) is 3.35. The Kier molecular flexibility index (Phi) is 4.14. The Morgan fingerprint density at radius 1 is 1.28 bits per heavy atom. The molecule has 1 aliphatic rings. The summed E-state index contributed by atoms with van der Waals surface area (Å²) < 4.78 is 5.53. The summed E-state index contributed by atoms with van der Waals surface area (Å²) in [4.78, 5) is 21.2. The quantitative estimate of drug-likeness (QED) is 0.717. The maximum atomic E-state index is 11.2. The Balaban J connectivity index is 1.54. The van der Waals surface area contributed by atoms with E-state index >= 15 is 0 Å². The van der Waals surface area contributed by atoms with Gasteiger partial charge in [-0.05, 0) is 30.7 Å². The second-order valence-electron chi connectivity index (χ2n) is 5.70. The first-order chi connectivity index (χ1) is 12.1. The molecule has 2 aromatic heterocycles. The molecule has 3 aromatic rings. The molecule has 0 radical (unpaired) electrons. The predicted molar refractivity (Wildman–Crippen MR) is 101 cm³/mol. The van der Waals surface area contributed by atoms with Crippen molar-refractivity contribution >= 4 is 44.5 Å². The number of fused-ring (bicyclic) bond motifs is 1. The van der Waals surface area contributed by atoms with Crippen LogP contribution in [-0.2, 0) is 11.2 Å². The van der Waals surface area contributed by atoms with Gasteiger partial charge in [-0.15, -0.1) is 11.3 Å². The highest BCUT2D eigenvalue weighted by atomic mass is 32.1. The molecule has 6 nitrogen and oxygen atoms in total. The largest absolute Gasteiger partial charge is 0.493 e. The number of thiazole rings is 2. The van der Waals surface area contributed by atoms with Crippen molar-refractivity contribution in [2.24, 2.45) is 0 Å². The molecule has 4 rings (SSSR count). The summed E-state index contributed by atoms with van der Waals surface area (Å²) in [6.07, 6.45) is 0.944. The van der Waals surface area contributed by atoms with Crippen LogP contribution in [0.5, 0.6) is 5.75 Å². The first-order valence-corrected chi connectivity index (χ1v) is 9.52. The number of nitrogens with one attached hydrogen (secondary N) is 2. The van der Waals surface area contributed by atoms with E-state index < -0.39 is 0 Å². The lowest BCUT2D eigenvalue weighted by Gasteiger charge is -2.04. The molecule has 0 atom stereocenters. The first kappa shape index (κ1) is 16.0. The molecule has 1 amide bonds. The topological polar surface area (TPSA) is 76.1 Å². The highest BCUT2D eigenvalue weighted by Gasteiger charge is 2.15. The van der Waals surface area contributed by atoms with Crippen LogP contribution in [0.25, 0.3) is 10.6 Å². The summed E-state index contributed by atoms with van der Waals surface area (Å²) >= 11 is 2.98. The van der Waals surface area contributed by atoms with Crippen molar-refractivity contribution in [1.29, 1.82) is 0 Å². The number of hydrogen-bond acceptors (Lipinski definition) is 7. The van der Waals surface area contributed by atoms with Gasteiger partial charge in [0.1, 0.15) is 5.75 Å². The molecule has 128 valence electrons. The first-order valence-electron chi connectivity index (χ1n) is 7.82. The van der Waals surface area contributed by atoms with E-state index in [-0.39, 0.29) is 5.91 Å². The molecule has 0 saturated heterocycles. The fraction of sp³-hybridized carbons (Fsp3) is 0.235. The average molecular weight is 372 g/mol. The number of nitrogens with zero attached hydrogens (tertiary/aromatic N) is 2. The van der Waals surface area contributed by atoms with Crippen LogP contribution in [-0.4, -0.2) is 22.5 Å². The van der Waals surface area contributed by atoms with Crippen molar-refractivity contribution < 1.29 is 9.53 Å². The summed E-state index contributed by atoms with van der Waals surface area (Å²) in [5.74, 6) is 0.845. The molecule has 0 saturated carbocycles. The van der Waals surface area contributed by atoms with E-state index in [9.17, 15) is 4.79 Å². The molecule has 0 unspecified atom stereocenters. The second kappa shape index (κ2) is 6.45. The number of amides is 1. The standard InChI is InChI=1S/C17H16N4O2S2/c1-9-15(25-17(18-9)19-10(2)22)13-8-24-16(21-13)20-12-3-4-14-11(7-12)5-6-23-14/h3-4,7-8H,5-6H2,1-2H3,(H,20,21)(H,18,19,22). The maximum Gasteiger partial charge on any atom is 0.223 e. The minimum absolute atomic E-state index is 0.124. The molecule has 0 bridgehead atoms. The van der Waals surface area contributed by atoms with Gasteiger partial charge in [-0.25, -0.2) is 9.97 Å². The lowest BCUT2D eigenvalue weighted by molar-refractivity contribution is -0.114. The molecule has 25 heavy (non-hydrogen) atoms. The molecular weight excluding hydrogens is 356 g/mol. The normalized spacial score (nSPS) is 12.6. The van der Waals surface area contributed by atoms with Crippen molar-refractivity contribution in [2.75, 3.05) is 17.2 Å². The molecule has 0 fully saturated rings. The van der Waals surface area contributed by atoms with Crippen LogP contribution >= 0.6 is 22.7 Å². The number of aromatic nitrogens is 2. The van der Waals surface area contributed by atoms with Crippen molar-refractivity contribution in [3.63, 3.8) is 0 Å². The van der Waals surface area contributed by atoms with Gasteiger partial charge in [0.25, 0.3) is 0 Å². The van der Waals surface area contributed by atoms with E-state index in [4.69, 9.17) is 4.74 Å². The van der Waals surface area contributed by atoms with Crippen LogP contribution in [0.3, 0.4) is 0 Å². The number of carbonyl (C=O) groups excluding carboxylic acids is 1. The predicted octanol–water partition coefficient (Wildman–Crippen LogP) is 4.21. The molecule has 8 heteroatoms. The number of benzene rings is 1. The fourth-order valence-corrected chi connectivity index (χ4v) is 4.43. The minimum Gasteiger partial charge on any atom is -0.493 e. The number of anilines is 3. The Morgan fingerprint density at radius 3 is 3.00 bits per heavy atom. The van der Waals surface area contributed by atoms with Gasteiger partial charge in [-0.3, -0.25) is 4.79 Å². The van der Waals surface area contributed by atoms with Crippen LogP contribution in [0.2, 0.25) is 0 Å². The van der Waals surface area contributed by atoms with E-state index in [1.165, 1.54) is 23.8 Å². The number of hydrogen-bond donors (Lipinski definition) is 2. The zero-order valence-electron chi connectivity index (χ0n) is 13.8. The Morgan fingerprint density at radius 2 is 2.16 bits per heavy atom. The van der Waals surface area contributed by atoms with Crippen molar-refractivity contribution in [2.45, 2.75) is 20.3 Å². The second-order valence-corrected chi connectivity index (χ2v) is 7.56. The third-order valence-electron chi connectivity index (χ3n) is 3.76. The van der Waals surface area contributed by atoms with E-state index in [0.717, 1.165) is 45.9 Å². The maximum absolute atomic E-state index is 11.2. The smallest absolute Gasteiger partial charge is 0.223 e. The van der Waals surface area contributed by atoms with Crippen LogP contribution in [0.1, 0.15) is 18.2 Å². The number of aryl methyl sites for hydroxylation is 1. The van der Waals surface area contributed by atoms with Gasteiger partial charge in [0.2, 0.25) is 5.91 Å². The van der Waals surface area contributed by atoms with E-state index in [2.05, 4.69) is 26.7 Å². The Labute approximate surface area is 152 Å². The summed E-state index contributed by atoms with van der Waals surface area (Å²) in [5.41, 5.74) is 3.95. The van der Waals surface area contributed by atoms with E-state index in [0.29, 0.717) is 5.13 Å². The van der Waals surface area contributed by atoms with Gasteiger partial charge in [-0.2, -0.15) is 0 Å². The van der Waals surface area contributed by atoms with Gasteiger partial charge >= 0.3 is 0 Å². The van der Waals surface area contributed by atoms with Crippen molar-refractivity contribution in [3.8, 4) is 16.3 Å². The van der Waals surface area contributed by atoms with Gasteiger partial charge in [0.15, 0.2) is 10.3 Å². The van der Waals surface area contributed by atoms with Crippen LogP contribution in [0.15, 0.2) is 23.6 Å². The molecule has 1 aliphatic heterocycles. The monoisotopic (exact) mass is 372 g/mol. The molecule has 0 spiro atoms. The highest BCUT2D eigenvalue weighted by Crippen LogP contribution is 2.36. The molecule has 2 N–H and O–H groups in total. The highest BCUT2D eigenvalue weighted by molar-refractivity contribution is 7.20. The summed E-state index contributed by atoms with van der Waals surface area (Å²) in [7, 11) is 0. The van der Waals surface area contributed by atoms with E-state index in [1.807, 2.05) is 24.4 Å². The van der Waals surface area contributed by atoms with Crippen molar-refractivity contribution in [1.82, 2.24) is 9.97 Å². The lowest BCUT2D eigenvalue weighted by Crippen LogP contribution is -2.04. The Hall–Kier alpha value is -2.45. The van der Waals surface area contributed by atoms with Crippen LogP contribution < -0.4 is 15.4 Å². The van der Waals surface area contributed by atoms with Crippen LogP contribution in [0, 0.1) is 6.92 Å². The molecule has 1 aromatic carbocycles. The van der Waals surface area contributed by atoms with Gasteiger partial charge < -0.3 is 15.4 Å². The molecular formula is C17H16N4O2S2. The fourth-order valence-electron chi connectivity index (χ4n) is 2.66. The number of carbonyl (C=O) groups is 1. The zero-order chi connectivity index (χ0) is 17.4. The van der Waals surface area contributed by atoms with Crippen molar-refractivity contribution in [3.05, 3.63) is 34.8 Å². The lowest BCUT2D eigenvalue weighted by atomic mass is 10.1. The Bertz CT molecular complexity index is 948. The number of ether oxygens (including phenoxy) is 1. The zero-order valence-corrected chi connectivity index (χ0v) is 15.4.